The first-order chi connectivity index (χ1) is 17.7. The van der Waals surface area contributed by atoms with Gasteiger partial charge in [0.25, 0.3) is 11.5 Å². The molecule has 37 heavy (non-hydrogen) atoms. The molecule has 1 fully saturated rings. The molecule has 0 atom stereocenters. The lowest BCUT2D eigenvalue weighted by atomic mass is 10.0. The molecule has 192 valence electrons. The molecule has 0 unspecified atom stereocenters. The van der Waals surface area contributed by atoms with E-state index in [1.807, 2.05) is 19.1 Å². The number of rotatable bonds is 8. The van der Waals surface area contributed by atoms with Crippen molar-refractivity contribution in [1.29, 1.82) is 0 Å². The van der Waals surface area contributed by atoms with Gasteiger partial charge in [0.15, 0.2) is 0 Å². The maximum Gasteiger partial charge on any atom is 0.282 e. The molecule has 2 aromatic carbocycles. The largest absolute Gasteiger partial charge is 0.395 e. The van der Waals surface area contributed by atoms with Crippen molar-refractivity contribution in [3.8, 4) is 11.1 Å². The number of aliphatic hydroxyl groups is 1. The van der Waals surface area contributed by atoms with Gasteiger partial charge in [0.2, 0.25) is 10.0 Å². The van der Waals surface area contributed by atoms with E-state index in [4.69, 9.17) is 0 Å². The lowest BCUT2D eigenvalue weighted by Crippen LogP contribution is -2.42. The van der Waals surface area contributed by atoms with Gasteiger partial charge in [-0.25, -0.2) is 17.5 Å². The highest BCUT2D eigenvalue weighted by atomic mass is 32.2. The molecule has 10 heteroatoms. The van der Waals surface area contributed by atoms with Crippen molar-refractivity contribution in [2.75, 3.05) is 6.61 Å². The molecule has 0 spiro atoms. The Labute approximate surface area is 212 Å². The fourth-order valence-electron chi connectivity index (χ4n) is 4.64. The van der Waals surface area contributed by atoms with Crippen molar-refractivity contribution in [3.05, 3.63) is 93.8 Å². The van der Waals surface area contributed by atoms with Crippen LogP contribution in [-0.2, 0) is 23.0 Å². The molecule has 0 saturated heterocycles. The highest BCUT2D eigenvalue weighted by Gasteiger charge is 2.55. The second-order valence-electron chi connectivity index (χ2n) is 9.29. The van der Waals surface area contributed by atoms with Crippen LogP contribution in [0.1, 0.15) is 41.4 Å². The number of carbonyl (C=O) groups excluding carboxylic acids is 1. The minimum Gasteiger partial charge on any atom is -0.395 e. The van der Waals surface area contributed by atoms with Crippen molar-refractivity contribution in [1.82, 2.24) is 14.3 Å². The molecule has 1 aliphatic carbocycles. The summed E-state index contributed by atoms with van der Waals surface area (Å²) in [5.41, 5.74) is 1.67. The highest BCUT2D eigenvalue weighted by molar-refractivity contribution is 7.91. The van der Waals surface area contributed by atoms with E-state index in [1.165, 1.54) is 12.3 Å². The molecule has 8 nitrogen and oxygen atoms in total. The predicted molar refractivity (Wildman–Crippen MR) is 138 cm³/mol. The maximum atomic E-state index is 14.7. The molecular weight excluding hydrogens is 497 g/mol. The SMILES string of the molecule is CCc1ccc2c(c1)c(-c1ccc[nH]c1=O)c(C(=O)NS(=O)(=O)C1(CO)CC1)n2Cc1ccccc1F. The van der Waals surface area contributed by atoms with Crippen LogP contribution in [-0.4, -0.2) is 40.3 Å². The van der Waals surface area contributed by atoms with E-state index in [2.05, 4.69) is 9.71 Å². The lowest BCUT2D eigenvalue weighted by molar-refractivity contribution is 0.0973. The molecule has 0 bridgehead atoms. The van der Waals surface area contributed by atoms with Gasteiger partial charge < -0.3 is 14.7 Å². The van der Waals surface area contributed by atoms with Gasteiger partial charge in [0.1, 0.15) is 16.3 Å². The van der Waals surface area contributed by atoms with E-state index < -0.39 is 38.7 Å². The van der Waals surface area contributed by atoms with E-state index >= 15 is 0 Å². The number of aryl methyl sites for hydroxylation is 1. The van der Waals surface area contributed by atoms with Gasteiger partial charge in [-0.1, -0.05) is 31.2 Å². The summed E-state index contributed by atoms with van der Waals surface area (Å²) in [4.78, 5) is 29.3. The first kappa shape index (κ1) is 24.9. The normalized spacial score (nSPS) is 14.6. The number of sulfonamides is 1. The molecule has 2 aromatic heterocycles. The first-order valence-electron chi connectivity index (χ1n) is 12.0. The molecule has 3 N–H and O–H groups in total. The summed E-state index contributed by atoms with van der Waals surface area (Å²) in [5.74, 6) is -1.44. The highest BCUT2D eigenvalue weighted by Crippen LogP contribution is 2.43. The fourth-order valence-corrected chi connectivity index (χ4v) is 6.01. The molecule has 1 saturated carbocycles. The summed E-state index contributed by atoms with van der Waals surface area (Å²) in [6, 6.07) is 14.8. The van der Waals surface area contributed by atoms with E-state index in [1.54, 1.807) is 41.0 Å². The number of aromatic nitrogens is 2. The van der Waals surface area contributed by atoms with Crippen LogP contribution in [0.25, 0.3) is 22.0 Å². The Hall–Kier alpha value is -3.76. The van der Waals surface area contributed by atoms with Crippen molar-refractivity contribution in [2.45, 2.75) is 37.5 Å². The van der Waals surface area contributed by atoms with Crippen molar-refractivity contribution >= 4 is 26.8 Å². The van der Waals surface area contributed by atoms with Crippen LogP contribution in [0.3, 0.4) is 0 Å². The lowest BCUT2D eigenvalue weighted by Gasteiger charge is -2.17. The number of halogens is 1. The van der Waals surface area contributed by atoms with Crippen molar-refractivity contribution < 1.29 is 22.7 Å². The Morgan fingerprint density at radius 3 is 2.57 bits per heavy atom. The van der Waals surface area contributed by atoms with Gasteiger partial charge in [-0.3, -0.25) is 9.59 Å². The van der Waals surface area contributed by atoms with E-state index in [0.717, 1.165) is 5.56 Å². The van der Waals surface area contributed by atoms with E-state index in [9.17, 15) is 27.5 Å². The van der Waals surface area contributed by atoms with Gasteiger partial charge in [0.05, 0.1) is 13.2 Å². The van der Waals surface area contributed by atoms with Crippen LogP contribution >= 0.6 is 0 Å². The monoisotopic (exact) mass is 523 g/mol. The van der Waals surface area contributed by atoms with Crippen LogP contribution in [0, 0.1) is 5.82 Å². The predicted octanol–water partition coefficient (Wildman–Crippen LogP) is 3.33. The first-order valence-corrected chi connectivity index (χ1v) is 13.4. The number of carbonyl (C=O) groups is 1. The second kappa shape index (κ2) is 9.28. The molecule has 5 rings (SSSR count). The summed E-state index contributed by atoms with van der Waals surface area (Å²) < 4.78 is 43.1. The number of benzene rings is 2. The molecule has 1 aliphatic rings. The van der Waals surface area contributed by atoms with Crippen LogP contribution < -0.4 is 10.3 Å². The van der Waals surface area contributed by atoms with Gasteiger partial charge in [-0.2, -0.15) is 0 Å². The molecule has 0 aliphatic heterocycles. The minimum atomic E-state index is -4.23. The Bertz CT molecular complexity index is 1690. The Kier molecular flexibility index (Phi) is 6.25. The zero-order chi connectivity index (χ0) is 26.4. The fraction of sp³-hybridized carbons (Fsp3) is 0.259. The summed E-state index contributed by atoms with van der Waals surface area (Å²) in [5, 5.41) is 10.2. The van der Waals surface area contributed by atoms with E-state index in [-0.39, 0.29) is 36.2 Å². The van der Waals surface area contributed by atoms with Crippen molar-refractivity contribution in [2.24, 2.45) is 0 Å². The molecule has 2 heterocycles. The van der Waals surface area contributed by atoms with Crippen LogP contribution in [0.4, 0.5) is 4.39 Å². The third kappa shape index (κ3) is 4.25. The Morgan fingerprint density at radius 2 is 1.92 bits per heavy atom. The van der Waals surface area contributed by atoms with Gasteiger partial charge >= 0.3 is 0 Å². The molecule has 4 aromatic rings. The minimum absolute atomic E-state index is 0.0761. The number of aromatic amines is 1. The number of H-pyrrole nitrogens is 1. The number of nitrogens with one attached hydrogen (secondary N) is 2. The number of hydrogen-bond donors (Lipinski definition) is 3. The average molecular weight is 524 g/mol. The Morgan fingerprint density at radius 1 is 1.16 bits per heavy atom. The zero-order valence-corrected chi connectivity index (χ0v) is 20.9. The van der Waals surface area contributed by atoms with Gasteiger partial charge in [0, 0.05) is 33.8 Å². The zero-order valence-electron chi connectivity index (χ0n) is 20.1. The standard InChI is InChI=1S/C27H26FN3O5S/c1-2-17-9-10-22-20(14-17)23(19-7-5-13-29-25(19)33)24(31(22)15-18-6-3-4-8-21(18)28)26(34)30-37(35,36)27(16-32)11-12-27/h3-10,13-14,32H,2,11-12,15-16H2,1H3,(H,29,33)(H,30,34). The molecular formula is C27H26FN3O5S. The van der Waals surface area contributed by atoms with Gasteiger partial charge in [-0.15, -0.1) is 0 Å². The van der Waals surface area contributed by atoms with Gasteiger partial charge in [-0.05, 0) is 55.2 Å². The number of pyridine rings is 1. The number of hydrogen-bond acceptors (Lipinski definition) is 5. The summed E-state index contributed by atoms with van der Waals surface area (Å²) in [7, 11) is -4.23. The summed E-state index contributed by atoms with van der Waals surface area (Å²) >= 11 is 0. The average Bonchev–Trinajstić information content (AvgIpc) is 3.64. The number of nitrogens with zero attached hydrogens (tertiary/aromatic N) is 1. The van der Waals surface area contributed by atoms with E-state index in [0.29, 0.717) is 22.9 Å². The van der Waals surface area contributed by atoms with Crippen LogP contribution in [0.15, 0.2) is 65.6 Å². The Balaban J connectivity index is 1.80. The topological polar surface area (TPSA) is 121 Å². The second-order valence-corrected chi connectivity index (χ2v) is 11.4. The number of amides is 1. The number of fused-ring (bicyclic) bond motifs is 1. The van der Waals surface area contributed by atoms with Crippen LogP contribution in [0.5, 0.6) is 0 Å². The maximum absolute atomic E-state index is 14.7. The molecule has 0 radical (unpaired) electrons. The summed E-state index contributed by atoms with van der Waals surface area (Å²) in [6.45, 7) is 1.28. The number of aliphatic hydroxyl groups excluding tert-OH is 1. The van der Waals surface area contributed by atoms with Crippen molar-refractivity contribution in [3.63, 3.8) is 0 Å². The molecule has 1 amide bonds. The quantitative estimate of drug-likeness (QED) is 0.327. The third-order valence-electron chi connectivity index (χ3n) is 7.02. The third-order valence-corrected chi connectivity index (χ3v) is 9.15. The van der Waals surface area contributed by atoms with Crippen LogP contribution in [0.2, 0.25) is 0 Å². The summed E-state index contributed by atoms with van der Waals surface area (Å²) in [6.07, 6.45) is 2.61. The smallest absolute Gasteiger partial charge is 0.282 e.